The Labute approximate surface area is 81.2 Å². The van der Waals surface area contributed by atoms with E-state index in [4.69, 9.17) is 10.5 Å². The van der Waals surface area contributed by atoms with E-state index < -0.39 is 6.10 Å². The lowest BCUT2D eigenvalue weighted by Crippen LogP contribution is -2.43. The molecule has 1 fully saturated rings. The van der Waals surface area contributed by atoms with E-state index in [9.17, 15) is 9.90 Å². The summed E-state index contributed by atoms with van der Waals surface area (Å²) >= 11 is 4.57. The van der Waals surface area contributed by atoms with Crippen molar-refractivity contribution >= 4 is 23.1 Å². The van der Waals surface area contributed by atoms with Gasteiger partial charge in [0.05, 0.1) is 36.8 Å². The van der Waals surface area contributed by atoms with E-state index in [1.807, 2.05) is 0 Å². The molecule has 6 heteroatoms. The first kappa shape index (κ1) is 10.4. The molecule has 13 heavy (non-hydrogen) atoms. The smallest absolute Gasteiger partial charge is 0.227 e. The fourth-order valence-corrected chi connectivity index (χ4v) is 1.23. The predicted molar refractivity (Wildman–Crippen MR) is 50.2 cm³/mol. The zero-order valence-electron chi connectivity index (χ0n) is 7.03. The maximum Gasteiger partial charge on any atom is 0.227 e. The van der Waals surface area contributed by atoms with Crippen LogP contribution in [0.2, 0.25) is 0 Å². The van der Waals surface area contributed by atoms with Gasteiger partial charge in [-0.15, -0.1) is 0 Å². The van der Waals surface area contributed by atoms with Crippen LogP contribution in [0.1, 0.15) is 6.42 Å². The SMILES string of the molecule is NC(=S)CC(=O)N[C@@H]1COC[C@H]1O. The minimum atomic E-state index is -0.629. The molecule has 0 aromatic heterocycles. The fraction of sp³-hybridized carbons (Fsp3) is 0.714. The van der Waals surface area contributed by atoms with Gasteiger partial charge < -0.3 is 20.9 Å². The molecular formula is C7H12N2O3S. The molecule has 5 nitrogen and oxygen atoms in total. The van der Waals surface area contributed by atoms with E-state index in [0.717, 1.165) is 0 Å². The van der Waals surface area contributed by atoms with Crippen LogP contribution in [0.4, 0.5) is 0 Å². The second-order valence-electron chi connectivity index (χ2n) is 2.92. The first-order valence-electron chi connectivity index (χ1n) is 3.93. The van der Waals surface area contributed by atoms with Crippen LogP contribution < -0.4 is 11.1 Å². The van der Waals surface area contributed by atoms with Gasteiger partial charge in [0.2, 0.25) is 5.91 Å². The van der Waals surface area contributed by atoms with Crippen molar-refractivity contribution in [3.8, 4) is 0 Å². The molecule has 0 radical (unpaired) electrons. The van der Waals surface area contributed by atoms with Gasteiger partial charge in [-0.05, 0) is 0 Å². The average molecular weight is 204 g/mol. The van der Waals surface area contributed by atoms with Crippen LogP contribution >= 0.6 is 12.2 Å². The lowest BCUT2D eigenvalue weighted by molar-refractivity contribution is -0.121. The second kappa shape index (κ2) is 4.50. The number of carbonyl (C=O) groups excluding carboxylic acids is 1. The number of nitrogens with two attached hydrogens (primary N) is 1. The summed E-state index contributed by atoms with van der Waals surface area (Å²) in [5.41, 5.74) is 5.18. The van der Waals surface area contributed by atoms with Crippen LogP contribution in [0.5, 0.6) is 0 Å². The maximum atomic E-state index is 11.1. The Morgan fingerprint density at radius 3 is 2.85 bits per heavy atom. The summed E-state index contributed by atoms with van der Waals surface area (Å²) in [7, 11) is 0. The highest BCUT2D eigenvalue weighted by Crippen LogP contribution is 2.04. The van der Waals surface area contributed by atoms with Crippen molar-refractivity contribution in [3.05, 3.63) is 0 Å². The number of ether oxygens (including phenoxy) is 1. The molecule has 1 amide bonds. The minimum absolute atomic E-state index is 0.0125. The molecule has 1 heterocycles. The third-order valence-electron chi connectivity index (χ3n) is 1.73. The van der Waals surface area contributed by atoms with Crippen molar-refractivity contribution in [2.75, 3.05) is 13.2 Å². The standard InChI is InChI=1S/C7H12N2O3S/c8-6(13)1-7(11)9-4-2-12-3-5(4)10/h4-5,10H,1-3H2,(H2,8,13)(H,9,11)/t4-,5-/m1/s1. The Morgan fingerprint density at radius 2 is 2.38 bits per heavy atom. The summed E-state index contributed by atoms with van der Waals surface area (Å²) in [6.45, 7) is 0.599. The highest BCUT2D eigenvalue weighted by molar-refractivity contribution is 7.80. The van der Waals surface area contributed by atoms with Crippen LogP contribution in [0, 0.1) is 0 Å². The summed E-state index contributed by atoms with van der Waals surface area (Å²) < 4.78 is 4.95. The Bertz CT molecular complexity index is 222. The summed E-state index contributed by atoms with van der Waals surface area (Å²) in [6, 6.07) is -0.332. The molecule has 1 aliphatic heterocycles. The average Bonchev–Trinajstić information content (AvgIpc) is 2.34. The molecule has 0 saturated carbocycles. The van der Waals surface area contributed by atoms with E-state index in [1.165, 1.54) is 0 Å². The van der Waals surface area contributed by atoms with Gasteiger partial charge in [0, 0.05) is 0 Å². The van der Waals surface area contributed by atoms with Crippen molar-refractivity contribution in [2.45, 2.75) is 18.6 Å². The molecule has 74 valence electrons. The van der Waals surface area contributed by atoms with E-state index in [1.54, 1.807) is 0 Å². The van der Waals surface area contributed by atoms with Gasteiger partial charge in [0.15, 0.2) is 0 Å². The summed E-state index contributed by atoms with van der Waals surface area (Å²) in [5.74, 6) is -0.276. The van der Waals surface area contributed by atoms with Crippen LogP contribution in [0.3, 0.4) is 0 Å². The maximum absolute atomic E-state index is 11.1. The first-order chi connectivity index (χ1) is 6.09. The number of hydrogen-bond donors (Lipinski definition) is 3. The molecule has 0 aromatic rings. The Hall–Kier alpha value is -0.720. The molecule has 1 saturated heterocycles. The topological polar surface area (TPSA) is 84.6 Å². The van der Waals surface area contributed by atoms with Crippen LogP contribution in [-0.2, 0) is 9.53 Å². The third-order valence-corrected chi connectivity index (χ3v) is 1.88. The van der Waals surface area contributed by atoms with Gasteiger partial charge in [-0.1, -0.05) is 12.2 Å². The van der Waals surface area contributed by atoms with E-state index in [0.29, 0.717) is 6.61 Å². The fourth-order valence-electron chi connectivity index (χ4n) is 1.10. The van der Waals surface area contributed by atoms with Crippen molar-refractivity contribution in [1.29, 1.82) is 0 Å². The third kappa shape index (κ3) is 3.25. The summed E-state index contributed by atoms with van der Waals surface area (Å²) in [6.07, 6.45) is -0.617. The molecule has 2 atom stereocenters. The highest BCUT2D eigenvalue weighted by atomic mass is 32.1. The Morgan fingerprint density at radius 1 is 1.69 bits per heavy atom. The first-order valence-corrected chi connectivity index (χ1v) is 4.34. The number of aliphatic hydroxyl groups is 1. The molecule has 0 spiro atoms. The van der Waals surface area contributed by atoms with Crippen LogP contribution in [0.15, 0.2) is 0 Å². The molecule has 4 N–H and O–H groups in total. The number of thiocarbonyl (C=S) groups is 1. The van der Waals surface area contributed by atoms with E-state index in [-0.39, 0.29) is 30.0 Å². The van der Waals surface area contributed by atoms with Gasteiger partial charge in [-0.25, -0.2) is 0 Å². The zero-order chi connectivity index (χ0) is 9.84. The van der Waals surface area contributed by atoms with E-state index >= 15 is 0 Å². The van der Waals surface area contributed by atoms with Crippen molar-refractivity contribution in [1.82, 2.24) is 5.32 Å². The largest absolute Gasteiger partial charge is 0.393 e. The Kier molecular flexibility index (Phi) is 3.58. The summed E-state index contributed by atoms with van der Waals surface area (Å²) in [4.78, 5) is 11.3. The lowest BCUT2D eigenvalue weighted by Gasteiger charge is -2.13. The van der Waals surface area contributed by atoms with Gasteiger partial charge in [-0.3, -0.25) is 4.79 Å². The molecule has 0 bridgehead atoms. The van der Waals surface area contributed by atoms with Crippen molar-refractivity contribution in [2.24, 2.45) is 5.73 Å². The van der Waals surface area contributed by atoms with Gasteiger partial charge in [0.25, 0.3) is 0 Å². The quantitative estimate of drug-likeness (QED) is 0.489. The molecule has 1 aliphatic rings. The lowest BCUT2D eigenvalue weighted by atomic mass is 10.2. The van der Waals surface area contributed by atoms with E-state index in [2.05, 4.69) is 17.5 Å². The monoisotopic (exact) mass is 204 g/mol. The summed E-state index contributed by atoms with van der Waals surface area (Å²) in [5, 5.41) is 11.8. The minimum Gasteiger partial charge on any atom is -0.393 e. The second-order valence-corrected chi connectivity index (χ2v) is 3.45. The van der Waals surface area contributed by atoms with Gasteiger partial charge >= 0.3 is 0 Å². The molecular weight excluding hydrogens is 192 g/mol. The number of aliphatic hydroxyl groups excluding tert-OH is 1. The zero-order valence-corrected chi connectivity index (χ0v) is 7.84. The number of amides is 1. The van der Waals surface area contributed by atoms with Crippen molar-refractivity contribution < 1.29 is 14.6 Å². The predicted octanol–water partition coefficient (Wildman–Crippen LogP) is -1.46. The Balaban J connectivity index is 2.31. The van der Waals surface area contributed by atoms with Crippen LogP contribution in [-0.4, -0.2) is 41.4 Å². The molecule has 0 aliphatic carbocycles. The number of carbonyl (C=O) groups is 1. The molecule has 0 aromatic carbocycles. The normalized spacial score (nSPS) is 27.2. The molecule has 0 unspecified atom stereocenters. The highest BCUT2D eigenvalue weighted by Gasteiger charge is 2.27. The van der Waals surface area contributed by atoms with Gasteiger partial charge in [-0.2, -0.15) is 0 Å². The van der Waals surface area contributed by atoms with Gasteiger partial charge in [0.1, 0.15) is 0 Å². The number of rotatable bonds is 3. The van der Waals surface area contributed by atoms with Crippen LogP contribution in [0.25, 0.3) is 0 Å². The van der Waals surface area contributed by atoms with Crippen molar-refractivity contribution in [3.63, 3.8) is 0 Å². The molecule has 1 rings (SSSR count). The number of hydrogen-bond acceptors (Lipinski definition) is 4. The number of nitrogens with one attached hydrogen (secondary N) is 1.